The highest BCUT2D eigenvalue weighted by Gasteiger charge is 2.15. The van der Waals surface area contributed by atoms with Crippen LogP contribution in [0.4, 0.5) is 5.69 Å². The summed E-state index contributed by atoms with van der Waals surface area (Å²) < 4.78 is 3.08. The zero-order valence-electron chi connectivity index (χ0n) is 16.4. The number of carbonyl (C=O) groups excluding carboxylic acids is 1. The normalized spacial score (nSPS) is 10.9. The van der Waals surface area contributed by atoms with Gasteiger partial charge in [-0.3, -0.25) is 4.79 Å². The lowest BCUT2D eigenvalue weighted by Gasteiger charge is -2.12. The molecule has 0 saturated heterocycles. The first-order valence-electron chi connectivity index (χ1n) is 9.09. The molecule has 0 spiro atoms. The molecular weight excluding hydrogens is 436 g/mol. The van der Waals surface area contributed by atoms with Crippen LogP contribution in [-0.4, -0.2) is 26.4 Å². The molecule has 7 heteroatoms. The number of thioether (sulfide) groups is 1. The van der Waals surface area contributed by atoms with Crippen molar-refractivity contribution in [2.45, 2.75) is 39.4 Å². The van der Waals surface area contributed by atoms with Gasteiger partial charge in [0.05, 0.1) is 5.75 Å². The number of carbonyl (C=O) groups is 1. The van der Waals surface area contributed by atoms with Gasteiger partial charge in [-0.2, -0.15) is 0 Å². The van der Waals surface area contributed by atoms with E-state index in [2.05, 4.69) is 57.4 Å². The van der Waals surface area contributed by atoms with Crippen molar-refractivity contribution in [1.82, 2.24) is 14.8 Å². The second-order valence-corrected chi connectivity index (χ2v) is 8.40. The predicted molar refractivity (Wildman–Crippen MR) is 119 cm³/mol. The van der Waals surface area contributed by atoms with E-state index in [1.54, 1.807) is 0 Å². The van der Waals surface area contributed by atoms with Crippen molar-refractivity contribution >= 4 is 39.3 Å². The molecular formula is C21H23BrN4OS. The number of hydrogen-bond donors (Lipinski definition) is 1. The van der Waals surface area contributed by atoms with E-state index in [9.17, 15) is 4.79 Å². The molecule has 1 aromatic heterocycles. The zero-order valence-corrected chi connectivity index (χ0v) is 18.8. The third-order valence-corrected chi connectivity index (χ3v) is 6.50. The standard InChI is InChI=1S/C21H23BrN4OS/c1-5-26-20(16-8-6-13(2)7-9-16)24-25-21(26)28-12-19(27)23-18-11-10-17(22)14(3)15(18)4/h6-11H,5,12H2,1-4H3,(H,23,27). The summed E-state index contributed by atoms with van der Waals surface area (Å²) in [5, 5.41) is 12.4. The fraction of sp³-hybridized carbons (Fsp3) is 0.286. The first-order chi connectivity index (χ1) is 13.4. The summed E-state index contributed by atoms with van der Waals surface area (Å²) >= 11 is 4.91. The van der Waals surface area contributed by atoms with Crippen LogP contribution >= 0.6 is 27.7 Å². The van der Waals surface area contributed by atoms with E-state index in [-0.39, 0.29) is 11.7 Å². The van der Waals surface area contributed by atoms with Crippen molar-refractivity contribution in [3.05, 3.63) is 57.6 Å². The Kier molecular flexibility index (Phi) is 6.57. The Labute approximate surface area is 178 Å². The maximum atomic E-state index is 12.4. The van der Waals surface area contributed by atoms with Crippen molar-refractivity contribution < 1.29 is 4.79 Å². The maximum Gasteiger partial charge on any atom is 0.234 e. The third-order valence-electron chi connectivity index (χ3n) is 4.67. The minimum Gasteiger partial charge on any atom is -0.325 e. The molecule has 0 aliphatic rings. The van der Waals surface area contributed by atoms with Crippen molar-refractivity contribution in [3.8, 4) is 11.4 Å². The molecule has 2 aromatic carbocycles. The van der Waals surface area contributed by atoms with E-state index in [1.165, 1.54) is 17.3 Å². The van der Waals surface area contributed by atoms with Gasteiger partial charge >= 0.3 is 0 Å². The van der Waals surface area contributed by atoms with Crippen LogP contribution < -0.4 is 5.32 Å². The summed E-state index contributed by atoms with van der Waals surface area (Å²) in [6.45, 7) is 8.89. The number of halogens is 1. The smallest absolute Gasteiger partial charge is 0.234 e. The number of hydrogen-bond acceptors (Lipinski definition) is 4. The maximum absolute atomic E-state index is 12.4. The quantitative estimate of drug-likeness (QED) is 0.503. The van der Waals surface area contributed by atoms with Gasteiger partial charge in [0.25, 0.3) is 0 Å². The van der Waals surface area contributed by atoms with Crippen LogP contribution in [0.25, 0.3) is 11.4 Å². The largest absolute Gasteiger partial charge is 0.325 e. The lowest BCUT2D eigenvalue weighted by atomic mass is 10.1. The van der Waals surface area contributed by atoms with E-state index in [1.807, 2.05) is 42.7 Å². The number of aromatic nitrogens is 3. The fourth-order valence-corrected chi connectivity index (χ4v) is 4.07. The van der Waals surface area contributed by atoms with Crippen molar-refractivity contribution in [2.24, 2.45) is 0 Å². The van der Waals surface area contributed by atoms with Gasteiger partial charge in [0.15, 0.2) is 11.0 Å². The first-order valence-corrected chi connectivity index (χ1v) is 10.9. The van der Waals surface area contributed by atoms with Gasteiger partial charge in [0.2, 0.25) is 5.91 Å². The Morgan fingerprint density at radius 2 is 1.79 bits per heavy atom. The SMILES string of the molecule is CCn1c(SCC(=O)Nc2ccc(Br)c(C)c2C)nnc1-c1ccc(C)cc1. The average Bonchev–Trinajstić information content (AvgIpc) is 3.10. The lowest BCUT2D eigenvalue weighted by molar-refractivity contribution is -0.113. The molecule has 0 saturated carbocycles. The second kappa shape index (κ2) is 8.92. The Morgan fingerprint density at radius 3 is 2.46 bits per heavy atom. The molecule has 146 valence electrons. The Hall–Kier alpha value is -2.12. The minimum absolute atomic E-state index is 0.0580. The highest BCUT2D eigenvalue weighted by atomic mass is 79.9. The summed E-state index contributed by atoms with van der Waals surface area (Å²) in [6, 6.07) is 12.1. The van der Waals surface area contributed by atoms with E-state index in [4.69, 9.17) is 0 Å². The number of amides is 1. The average molecular weight is 459 g/mol. The van der Waals surface area contributed by atoms with Crippen LogP contribution in [0.5, 0.6) is 0 Å². The molecule has 0 radical (unpaired) electrons. The molecule has 28 heavy (non-hydrogen) atoms. The molecule has 3 aromatic rings. The molecule has 0 atom stereocenters. The summed E-state index contributed by atoms with van der Waals surface area (Å²) in [6.07, 6.45) is 0. The van der Waals surface area contributed by atoms with Gasteiger partial charge in [0, 0.05) is 22.3 Å². The summed E-state index contributed by atoms with van der Waals surface area (Å²) in [7, 11) is 0. The topological polar surface area (TPSA) is 59.8 Å². The molecule has 3 rings (SSSR count). The molecule has 1 N–H and O–H groups in total. The predicted octanol–water partition coefficient (Wildman–Crippen LogP) is 5.38. The summed E-state index contributed by atoms with van der Waals surface area (Å²) in [4.78, 5) is 12.4. The summed E-state index contributed by atoms with van der Waals surface area (Å²) in [5.74, 6) is 1.04. The second-order valence-electron chi connectivity index (χ2n) is 6.60. The highest BCUT2D eigenvalue weighted by molar-refractivity contribution is 9.10. The van der Waals surface area contributed by atoms with Gasteiger partial charge in [0.1, 0.15) is 0 Å². The molecule has 0 bridgehead atoms. The third kappa shape index (κ3) is 4.47. The molecule has 0 aliphatic carbocycles. The molecule has 0 aliphatic heterocycles. The van der Waals surface area contributed by atoms with Crippen LogP contribution in [0.15, 0.2) is 46.0 Å². The number of nitrogens with one attached hydrogen (secondary N) is 1. The zero-order chi connectivity index (χ0) is 20.3. The van der Waals surface area contributed by atoms with Crippen LogP contribution in [0.2, 0.25) is 0 Å². The van der Waals surface area contributed by atoms with E-state index >= 15 is 0 Å². The Balaban J connectivity index is 1.70. The minimum atomic E-state index is -0.0580. The number of anilines is 1. The van der Waals surface area contributed by atoms with Gasteiger partial charge in [-0.15, -0.1) is 10.2 Å². The van der Waals surface area contributed by atoms with Crippen molar-refractivity contribution in [2.75, 3.05) is 11.1 Å². The van der Waals surface area contributed by atoms with E-state index in [0.29, 0.717) is 0 Å². The van der Waals surface area contributed by atoms with Gasteiger partial charge in [-0.05, 0) is 51.0 Å². The van der Waals surface area contributed by atoms with Gasteiger partial charge < -0.3 is 9.88 Å². The van der Waals surface area contributed by atoms with E-state index in [0.717, 1.165) is 44.4 Å². The first kappa shape index (κ1) is 20.6. The van der Waals surface area contributed by atoms with Crippen LogP contribution in [0.1, 0.15) is 23.6 Å². The van der Waals surface area contributed by atoms with Crippen molar-refractivity contribution in [1.29, 1.82) is 0 Å². The molecule has 0 unspecified atom stereocenters. The number of rotatable bonds is 6. The van der Waals surface area contributed by atoms with Crippen LogP contribution in [-0.2, 0) is 11.3 Å². The molecule has 1 heterocycles. The number of benzene rings is 2. The summed E-state index contributed by atoms with van der Waals surface area (Å²) in [5.41, 5.74) is 5.25. The number of aryl methyl sites for hydroxylation is 1. The lowest BCUT2D eigenvalue weighted by Crippen LogP contribution is -2.15. The van der Waals surface area contributed by atoms with Gasteiger partial charge in [-0.1, -0.05) is 57.5 Å². The number of nitrogens with zero attached hydrogens (tertiary/aromatic N) is 3. The highest BCUT2D eigenvalue weighted by Crippen LogP contribution is 2.27. The van der Waals surface area contributed by atoms with Crippen LogP contribution in [0, 0.1) is 20.8 Å². The van der Waals surface area contributed by atoms with Gasteiger partial charge in [-0.25, -0.2) is 0 Å². The fourth-order valence-electron chi connectivity index (χ4n) is 2.84. The van der Waals surface area contributed by atoms with Crippen molar-refractivity contribution in [3.63, 3.8) is 0 Å². The van der Waals surface area contributed by atoms with E-state index < -0.39 is 0 Å². The molecule has 0 fully saturated rings. The van der Waals surface area contributed by atoms with Crippen LogP contribution in [0.3, 0.4) is 0 Å². The Bertz CT molecular complexity index is 998. The monoisotopic (exact) mass is 458 g/mol. The molecule has 5 nitrogen and oxygen atoms in total. The molecule has 1 amide bonds. The Morgan fingerprint density at radius 1 is 1.07 bits per heavy atom.